The average Bonchev–Trinajstić information content (AvgIpc) is 2.17. The van der Waals surface area contributed by atoms with Gasteiger partial charge >= 0.3 is 5.97 Å². The molecule has 2 nitrogen and oxygen atoms in total. The fourth-order valence-corrected chi connectivity index (χ4v) is 3.04. The summed E-state index contributed by atoms with van der Waals surface area (Å²) in [7, 11) is 0. The van der Waals surface area contributed by atoms with Crippen LogP contribution in [0.25, 0.3) is 0 Å². The van der Waals surface area contributed by atoms with Crippen molar-refractivity contribution in [2.45, 2.75) is 24.2 Å². The number of benzene rings is 1. The normalized spacial score (nSPS) is 20.2. The van der Waals surface area contributed by atoms with Crippen molar-refractivity contribution in [3.63, 3.8) is 0 Å². The second-order valence-electron chi connectivity index (χ2n) is 3.60. The number of thioether (sulfide) groups is 1. The van der Waals surface area contributed by atoms with Crippen LogP contribution in [-0.2, 0) is 0 Å². The molecule has 1 aliphatic heterocycles. The summed E-state index contributed by atoms with van der Waals surface area (Å²) < 4.78 is 0. The summed E-state index contributed by atoms with van der Waals surface area (Å²) in [6.45, 7) is 2.19. The quantitative estimate of drug-likeness (QED) is 0.771. The summed E-state index contributed by atoms with van der Waals surface area (Å²) in [4.78, 5) is 11.9. The fourth-order valence-electron chi connectivity index (χ4n) is 1.70. The first kappa shape index (κ1) is 9.59. The molecule has 0 radical (unpaired) electrons. The first-order valence-corrected chi connectivity index (χ1v) is 5.67. The minimum Gasteiger partial charge on any atom is -0.478 e. The lowest BCUT2D eigenvalue weighted by molar-refractivity contribution is 0.0696. The molecule has 14 heavy (non-hydrogen) atoms. The van der Waals surface area contributed by atoms with Crippen molar-refractivity contribution >= 4 is 17.7 Å². The molecule has 1 atom stereocenters. The van der Waals surface area contributed by atoms with E-state index in [1.165, 1.54) is 12.0 Å². The van der Waals surface area contributed by atoms with E-state index < -0.39 is 5.97 Å². The van der Waals surface area contributed by atoms with E-state index in [1.54, 1.807) is 23.9 Å². The van der Waals surface area contributed by atoms with E-state index in [0.29, 0.717) is 11.5 Å². The van der Waals surface area contributed by atoms with Crippen molar-refractivity contribution in [2.24, 2.45) is 0 Å². The number of carboxylic acid groups (broad SMARTS) is 1. The molecular formula is C11H12O2S. The fraction of sp³-hybridized carbons (Fsp3) is 0.364. The van der Waals surface area contributed by atoms with Gasteiger partial charge in [0.05, 0.1) is 5.56 Å². The third kappa shape index (κ3) is 1.64. The predicted octanol–water partition coefficient (Wildman–Crippen LogP) is 2.98. The maximum absolute atomic E-state index is 10.8. The Morgan fingerprint density at radius 1 is 1.57 bits per heavy atom. The van der Waals surface area contributed by atoms with Crippen LogP contribution in [-0.4, -0.2) is 16.8 Å². The number of hydrogen-bond acceptors (Lipinski definition) is 2. The third-order valence-corrected chi connectivity index (χ3v) is 3.70. The molecule has 0 unspecified atom stereocenters. The number of aromatic carboxylic acids is 1. The number of rotatable bonds is 1. The minimum atomic E-state index is -0.841. The number of fused-ring (bicyclic) bond motifs is 1. The zero-order valence-corrected chi connectivity index (χ0v) is 8.80. The monoisotopic (exact) mass is 208 g/mol. The van der Waals surface area contributed by atoms with Crippen LogP contribution >= 0.6 is 11.8 Å². The molecule has 74 valence electrons. The molecular weight excluding hydrogens is 196 g/mol. The Labute approximate surface area is 87.3 Å². The Hall–Kier alpha value is -0.960. The van der Waals surface area contributed by atoms with Crippen LogP contribution in [0.15, 0.2) is 23.1 Å². The second-order valence-corrected chi connectivity index (χ2v) is 4.73. The van der Waals surface area contributed by atoms with Crippen LogP contribution < -0.4 is 0 Å². The van der Waals surface area contributed by atoms with Gasteiger partial charge in [0.25, 0.3) is 0 Å². The van der Waals surface area contributed by atoms with E-state index in [-0.39, 0.29) is 0 Å². The van der Waals surface area contributed by atoms with E-state index in [4.69, 9.17) is 5.11 Å². The first-order chi connectivity index (χ1) is 6.68. The third-order valence-electron chi connectivity index (χ3n) is 2.60. The molecule has 1 aliphatic rings. The highest BCUT2D eigenvalue weighted by atomic mass is 32.2. The molecule has 0 spiro atoms. The van der Waals surface area contributed by atoms with Crippen LogP contribution in [0.4, 0.5) is 0 Å². The van der Waals surface area contributed by atoms with Crippen molar-refractivity contribution in [1.82, 2.24) is 0 Å². The van der Waals surface area contributed by atoms with Gasteiger partial charge in [0.2, 0.25) is 0 Å². The van der Waals surface area contributed by atoms with Crippen LogP contribution in [0.3, 0.4) is 0 Å². The largest absolute Gasteiger partial charge is 0.478 e. The summed E-state index contributed by atoms with van der Waals surface area (Å²) in [6, 6.07) is 5.44. The maximum atomic E-state index is 10.8. The average molecular weight is 208 g/mol. The number of carbonyl (C=O) groups is 1. The highest BCUT2D eigenvalue weighted by molar-refractivity contribution is 7.99. The van der Waals surface area contributed by atoms with E-state index in [1.807, 2.05) is 6.07 Å². The Balaban J connectivity index is 2.44. The van der Waals surface area contributed by atoms with Crippen LogP contribution in [0.2, 0.25) is 0 Å². The number of carboxylic acids is 1. The molecule has 0 aromatic heterocycles. The van der Waals surface area contributed by atoms with Gasteiger partial charge in [-0.3, -0.25) is 0 Å². The zero-order chi connectivity index (χ0) is 10.1. The Kier molecular flexibility index (Phi) is 2.50. The standard InChI is InChI=1S/C11H12O2S/c1-7-4-5-14-10-6-8(11(12)13)2-3-9(7)10/h2-3,6-7H,4-5H2,1H3,(H,12,13)/t7-/m0/s1. The summed E-state index contributed by atoms with van der Waals surface area (Å²) >= 11 is 1.76. The van der Waals surface area contributed by atoms with Gasteiger partial charge in [-0.25, -0.2) is 4.79 Å². The van der Waals surface area contributed by atoms with Gasteiger partial charge in [0, 0.05) is 4.90 Å². The molecule has 3 heteroatoms. The molecule has 1 aromatic rings. The van der Waals surface area contributed by atoms with Crippen LogP contribution in [0.5, 0.6) is 0 Å². The summed E-state index contributed by atoms with van der Waals surface area (Å²) in [5, 5.41) is 8.84. The summed E-state index contributed by atoms with van der Waals surface area (Å²) in [6.07, 6.45) is 1.18. The molecule has 0 saturated heterocycles. The molecule has 1 heterocycles. The lowest BCUT2D eigenvalue weighted by atomic mass is 9.97. The molecule has 1 aromatic carbocycles. The maximum Gasteiger partial charge on any atom is 0.335 e. The lowest BCUT2D eigenvalue weighted by Crippen LogP contribution is -2.06. The van der Waals surface area contributed by atoms with Crippen molar-refractivity contribution in [2.75, 3.05) is 5.75 Å². The first-order valence-electron chi connectivity index (χ1n) is 4.68. The molecule has 0 bridgehead atoms. The van der Waals surface area contributed by atoms with E-state index in [9.17, 15) is 4.79 Å². The van der Waals surface area contributed by atoms with E-state index in [0.717, 1.165) is 10.6 Å². The van der Waals surface area contributed by atoms with Crippen molar-refractivity contribution in [1.29, 1.82) is 0 Å². The van der Waals surface area contributed by atoms with Gasteiger partial charge in [-0.2, -0.15) is 0 Å². The Morgan fingerprint density at radius 2 is 2.36 bits per heavy atom. The van der Waals surface area contributed by atoms with Gasteiger partial charge in [0.15, 0.2) is 0 Å². The molecule has 0 saturated carbocycles. The Bertz CT molecular complexity index is 374. The summed E-state index contributed by atoms with van der Waals surface area (Å²) in [5.74, 6) is 0.817. The van der Waals surface area contributed by atoms with E-state index in [2.05, 4.69) is 6.92 Å². The smallest absolute Gasteiger partial charge is 0.335 e. The number of hydrogen-bond donors (Lipinski definition) is 1. The van der Waals surface area contributed by atoms with E-state index >= 15 is 0 Å². The zero-order valence-electron chi connectivity index (χ0n) is 7.99. The van der Waals surface area contributed by atoms with Crippen molar-refractivity contribution in [3.05, 3.63) is 29.3 Å². The van der Waals surface area contributed by atoms with Crippen LogP contribution in [0.1, 0.15) is 35.2 Å². The molecule has 0 amide bonds. The molecule has 2 rings (SSSR count). The highest BCUT2D eigenvalue weighted by Gasteiger charge is 2.17. The van der Waals surface area contributed by atoms with Crippen LogP contribution in [0, 0.1) is 0 Å². The second kappa shape index (κ2) is 3.65. The Morgan fingerprint density at radius 3 is 3.07 bits per heavy atom. The molecule has 0 fully saturated rings. The van der Waals surface area contributed by atoms with Gasteiger partial charge in [-0.05, 0) is 35.8 Å². The minimum absolute atomic E-state index is 0.394. The lowest BCUT2D eigenvalue weighted by Gasteiger charge is -2.21. The van der Waals surface area contributed by atoms with Gasteiger partial charge in [-0.1, -0.05) is 13.0 Å². The molecule has 1 N–H and O–H groups in total. The highest BCUT2D eigenvalue weighted by Crippen LogP contribution is 2.37. The van der Waals surface area contributed by atoms with Crippen molar-refractivity contribution in [3.8, 4) is 0 Å². The molecule has 0 aliphatic carbocycles. The van der Waals surface area contributed by atoms with Crippen molar-refractivity contribution < 1.29 is 9.90 Å². The van der Waals surface area contributed by atoms with Gasteiger partial charge < -0.3 is 5.11 Å². The van der Waals surface area contributed by atoms with Gasteiger partial charge in [-0.15, -0.1) is 11.8 Å². The predicted molar refractivity (Wildman–Crippen MR) is 57.2 cm³/mol. The SMILES string of the molecule is C[C@H]1CCSc2cc(C(=O)O)ccc21. The van der Waals surface area contributed by atoms with Gasteiger partial charge in [0.1, 0.15) is 0 Å². The topological polar surface area (TPSA) is 37.3 Å². The summed E-state index contributed by atoms with van der Waals surface area (Å²) in [5.41, 5.74) is 1.69.